The molecule has 0 aliphatic rings. The normalized spacial score (nSPS) is 11.1. The number of carboxylic acid groups (broad SMARTS) is 1. The summed E-state index contributed by atoms with van der Waals surface area (Å²) in [4.78, 5) is 10.9. The second kappa shape index (κ2) is 4.82. The van der Waals surface area contributed by atoms with Crippen molar-refractivity contribution in [2.24, 2.45) is 5.73 Å². The summed E-state index contributed by atoms with van der Waals surface area (Å²) in [7, 11) is 0. The Morgan fingerprint density at radius 2 is 2.11 bits per heavy atom. The minimum absolute atomic E-state index is 0.00896. The first-order valence-electron chi connectivity index (χ1n) is 6.03. The topological polar surface area (TPSA) is 68.2 Å². The second-order valence-electron chi connectivity index (χ2n) is 4.69. The molecule has 0 atom stereocenters. The van der Waals surface area contributed by atoms with Crippen LogP contribution in [0.25, 0.3) is 10.9 Å². The van der Waals surface area contributed by atoms with Gasteiger partial charge in [0, 0.05) is 11.6 Å². The molecule has 3 N–H and O–H groups in total. The van der Waals surface area contributed by atoms with E-state index in [1.54, 1.807) is 4.57 Å². The first-order valence-corrected chi connectivity index (χ1v) is 6.03. The molecule has 0 fully saturated rings. The maximum atomic E-state index is 10.9. The van der Waals surface area contributed by atoms with E-state index >= 15 is 0 Å². The number of hydrogen-bond donors (Lipinski definition) is 2. The number of aliphatic carboxylic acids is 1. The molecule has 1 aromatic heterocycles. The molecule has 1 aromatic carbocycles. The molecule has 2 rings (SSSR count). The fraction of sp³-hybridized carbons (Fsp3) is 0.357. The molecule has 0 aliphatic carbocycles. The van der Waals surface area contributed by atoms with E-state index in [1.165, 1.54) is 5.56 Å². The van der Waals surface area contributed by atoms with Crippen molar-refractivity contribution in [1.82, 2.24) is 4.57 Å². The second-order valence-corrected chi connectivity index (χ2v) is 4.69. The molecule has 0 radical (unpaired) electrons. The van der Waals surface area contributed by atoms with Crippen LogP contribution in [0.2, 0.25) is 0 Å². The van der Waals surface area contributed by atoms with Gasteiger partial charge in [-0.15, -0.1) is 0 Å². The smallest absolute Gasteiger partial charge is 0.323 e. The number of hydrogen-bond acceptors (Lipinski definition) is 2. The maximum Gasteiger partial charge on any atom is 0.323 e. The molecule has 0 bridgehead atoms. The summed E-state index contributed by atoms with van der Waals surface area (Å²) >= 11 is 0. The predicted molar refractivity (Wildman–Crippen MR) is 71.8 cm³/mol. The molecule has 4 nitrogen and oxygen atoms in total. The van der Waals surface area contributed by atoms with Crippen LogP contribution in [0.1, 0.15) is 16.7 Å². The van der Waals surface area contributed by atoms with Crippen LogP contribution in [-0.2, 0) is 17.8 Å². The molecule has 18 heavy (non-hydrogen) atoms. The number of rotatable bonds is 4. The van der Waals surface area contributed by atoms with Crippen LogP contribution < -0.4 is 5.73 Å². The Morgan fingerprint density at radius 3 is 2.72 bits per heavy atom. The Balaban J connectivity index is 2.67. The van der Waals surface area contributed by atoms with Gasteiger partial charge in [-0.1, -0.05) is 11.6 Å². The summed E-state index contributed by atoms with van der Waals surface area (Å²) in [5.74, 6) is -0.828. The third kappa shape index (κ3) is 2.24. The highest BCUT2D eigenvalue weighted by molar-refractivity contribution is 5.88. The number of fused-ring (bicyclic) bond motifs is 1. The van der Waals surface area contributed by atoms with Crippen molar-refractivity contribution < 1.29 is 9.90 Å². The van der Waals surface area contributed by atoms with Gasteiger partial charge in [0.15, 0.2) is 0 Å². The zero-order valence-electron chi connectivity index (χ0n) is 10.7. The maximum absolute atomic E-state index is 10.9. The van der Waals surface area contributed by atoms with Crippen LogP contribution in [0.3, 0.4) is 0 Å². The Bertz CT molecular complexity index is 599. The van der Waals surface area contributed by atoms with E-state index in [-0.39, 0.29) is 6.54 Å². The lowest BCUT2D eigenvalue weighted by Crippen LogP contribution is -2.08. The molecule has 4 heteroatoms. The van der Waals surface area contributed by atoms with Gasteiger partial charge >= 0.3 is 5.97 Å². The molecule has 0 aliphatic heterocycles. The highest BCUT2D eigenvalue weighted by Gasteiger charge is 2.12. The lowest BCUT2D eigenvalue weighted by atomic mass is 10.0. The molecule has 1 heterocycles. The van der Waals surface area contributed by atoms with E-state index in [4.69, 9.17) is 10.8 Å². The number of aromatic nitrogens is 1. The standard InChI is InChI=1S/C14H18N2O2/c1-9-5-10(2)14-12(6-9)11(3-4-15)7-16(14)8-13(17)18/h5-7H,3-4,8,15H2,1-2H3,(H,17,18). The van der Waals surface area contributed by atoms with Gasteiger partial charge in [0.05, 0.1) is 5.52 Å². The Kier molecular flexibility index (Phi) is 3.39. The van der Waals surface area contributed by atoms with Gasteiger partial charge in [0.2, 0.25) is 0 Å². The average Bonchev–Trinajstić information content (AvgIpc) is 2.56. The van der Waals surface area contributed by atoms with Crippen molar-refractivity contribution in [2.45, 2.75) is 26.8 Å². The third-order valence-corrected chi connectivity index (χ3v) is 3.11. The van der Waals surface area contributed by atoms with E-state index in [0.717, 1.165) is 28.5 Å². The number of carboxylic acids is 1. The third-order valence-electron chi connectivity index (χ3n) is 3.11. The number of benzene rings is 1. The van der Waals surface area contributed by atoms with Crippen LogP contribution in [0, 0.1) is 13.8 Å². The molecule has 0 saturated heterocycles. The number of aryl methyl sites for hydroxylation is 2. The highest BCUT2D eigenvalue weighted by Crippen LogP contribution is 2.26. The van der Waals surface area contributed by atoms with Gasteiger partial charge in [-0.3, -0.25) is 4.79 Å². The quantitative estimate of drug-likeness (QED) is 0.865. The van der Waals surface area contributed by atoms with Crippen molar-refractivity contribution in [1.29, 1.82) is 0 Å². The summed E-state index contributed by atoms with van der Waals surface area (Å²) in [6.45, 7) is 4.62. The molecule has 96 valence electrons. The summed E-state index contributed by atoms with van der Waals surface area (Å²) in [6, 6.07) is 4.18. The first-order chi connectivity index (χ1) is 8.52. The average molecular weight is 246 g/mol. The predicted octanol–water partition coefficient (Wildman–Crippen LogP) is 1.84. The van der Waals surface area contributed by atoms with Gasteiger partial charge in [-0.05, 0) is 44.0 Å². The molecular formula is C14H18N2O2. The Labute approximate surface area is 106 Å². The summed E-state index contributed by atoms with van der Waals surface area (Å²) in [5, 5.41) is 10.1. The zero-order chi connectivity index (χ0) is 13.3. The van der Waals surface area contributed by atoms with Gasteiger partial charge in [0.1, 0.15) is 6.54 Å². The zero-order valence-corrected chi connectivity index (χ0v) is 10.7. The van der Waals surface area contributed by atoms with Gasteiger partial charge in [0.25, 0.3) is 0 Å². The SMILES string of the molecule is Cc1cc(C)c2c(c1)c(CCN)cn2CC(=O)O. The van der Waals surface area contributed by atoms with E-state index in [9.17, 15) is 4.79 Å². The molecule has 2 aromatic rings. The molecule has 0 unspecified atom stereocenters. The van der Waals surface area contributed by atoms with Gasteiger partial charge < -0.3 is 15.4 Å². The van der Waals surface area contributed by atoms with Crippen molar-refractivity contribution in [3.63, 3.8) is 0 Å². The van der Waals surface area contributed by atoms with Crippen LogP contribution in [-0.4, -0.2) is 22.2 Å². The molecule has 0 saturated carbocycles. The molecule has 0 spiro atoms. The summed E-state index contributed by atoms with van der Waals surface area (Å²) in [6.07, 6.45) is 2.68. The molecular weight excluding hydrogens is 228 g/mol. The summed E-state index contributed by atoms with van der Waals surface area (Å²) < 4.78 is 1.80. The highest BCUT2D eigenvalue weighted by atomic mass is 16.4. The van der Waals surface area contributed by atoms with Crippen molar-refractivity contribution in [3.05, 3.63) is 35.0 Å². The first kappa shape index (κ1) is 12.6. The van der Waals surface area contributed by atoms with Crippen LogP contribution >= 0.6 is 0 Å². The monoisotopic (exact) mass is 246 g/mol. The van der Waals surface area contributed by atoms with Crippen molar-refractivity contribution in [2.75, 3.05) is 6.54 Å². The number of nitrogens with two attached hydrogens (primary N) is 1. The fourth-order valence-corrected chi connectivity index (χ4v) is 2.53. The van der Waals surface area contributed by atoms with Crippen LogP contribution in [0.15, 0.2) is 18.3 Å². The van der Waals surface area contributed by atoms with Gasteiger partial charge in [-0.25, -0.2) is 0 Å². The lowest BCUT2D eigenvalue weighted by molar-refractivity contribution is -0.137. The van der Waals surface area contributed by atoms with Gasteiger partial charge in [-0.2, -0.15) is 0 Å². The lowest BCUT2D eigenvalue weighted by Gasteiger charge is -2.05. The largest absolute Gasteiger partial charge is 0.480 e. The minimum atomic E-state index is -0.828. The Morgan fingerprint density at radius 1 is 1.39 bits per heavy atom. The molecule has 0 amide bonds. The van der Waals surface area contributed by atoms with E-state index in [2.05, 4.69) is 12.1 Å². The number of nitrogens with zero attached hydrogens (tertiary/aromatic N) is 1. The number of carbonyl (C=O) groups is 1. The van der Waals surface area contributed by atoms with E-state index in [1.807, 2.05) is 20.0 Å². The summed E-state index contributed by atoms with van der Waals surface area (Å²) in [5.41, 5.74) is 10.0. The Hall–Kier alpha value is -1.81. The van der Waals surface area contributed by atoms with Crippen LogP contribution in [0.5, 0.6) is 0 Å². The minimum Gasteiger partial charge on any atom is -0.480 e. The van der Waals surface area contributed by atoms with Crippen molar-refractivity contribution in [3.8, 4) is 0 Å². The van der Waals surface area contributed by atoms with E-state index in [0.29, 0.717) is 6.54 Å². The fourth-order valence-electron chi connectivity index (χ4n) is 2.53. The van der Waals surface area contributed by atoms with E-state index < -0.39 is 5.97 Å². The van der Waals surface area contributed by atoms with Crippen molar-refractivity contribution >= 4 is 16.9 Å². The van der Waals surface area contributed by atoms with Crippen LogP contribution in [0.4, 0.5) is 0 Å².